The van der Waals surface area contributed by atoms with Crippen molar-refractivity contribution in [3.63, 3.8) is 0 Å². The number of amides is 1. The van der Waals surface area contributed by atoms with Crippen LogP contribution >= 0.6 is 0 Å². The molecule has 4 atom stereocenters. The Morgan fingerprint density at radius 1 is 1.19 bits per heavy atom. The Labute approximate surface area is 210 Å². The van der Waals surface area contributed by atoms with Crippen LogP contribution in [0.2, 0.25) is 18.1 Å². The fourth-order valence-electron chi connectivity index (χ4n) is 3.82. The van der Waals surface area contributed by atoms with E-state index in [9.17, 15) is 19.2 Å². The molecular formula is C23H37N3O9Si. The van der Waals surface area contributed by atoms with Crippen molar-refractivity contribution in [2.24, 2.45) is 0 Å². The van der Waals surface area contributed by atoms with Crippen LogP contribution < -0.4 is 16.6 Å². The molecule has 3 rings (SSSR count). The van der Waals surface area contributed by atoms with E-state index in [4.69, 9.17) is 23.4 Å². The Kier molecular flexibility index (Phi) is 8.01. The number of carbonyl (C=O) groups is 2. The van der Waals surface area contributed by atoms with Gasteiger partial charge in [0.1, 0.15) is 30.4 Å². The van der Waals surface area contributed by atoms with E-state index in [1.165, 1.54) is 0 Å². The zero-order chi connectivity index (χ0) is 27.1. The summed E-state index contributed by atoms with van der Waals surface area (Å²) in [6.45, 7) is 15.8. The van der Waals surface area contributed by atoms with Crippen molar-refractivity contribution in [1.29, 1.82) is 0 Å². The molecule has 0 aromatic carbocycles. The highest BCUT2D eigenvalue weighted by atomic mass is 28.4. The smallest absolute Gasteiger partial charge is 0.330 e. The first-order valence-corrected chi connectivity index (χ1v) is 14.9. The second-order valence-corrected chi connectivity index (χ2v) is 15.7. The van der Waals surface area contributed by atoms with Crippen LogP contribution in [0.4, 0.5) is 0 Å². The van der Waals surface area contributed by atoms with Crippen molar-refractivity contribution in [1.82, 2.24) is 14.9 Å². The highest BCUT2D eigenvalue weighted by Crippen LogP contribution is 2.44. The monoisotopic (exact) mass is 527 g/mol. The number of ether oxygens (including phenoxy) is 4. The number of esters is 1. The first kappa shape index (κ1) is 28.3. The summed E-state index contributed by atoms with van der Waals surface area (Å²) in [5.41, 5.74) is -2.03. The lowest BCUT2D eigenvalue weighted by Gasteiger charge is -2.37. The molecule has 13 heteroatoms. The normalized spacial score (nSPS) is 25.4. The van der Waals surface area contributed by atoms with Crippen LogP contribution in [0.3, 0.4) is 0 Å². The molecule has 2 aliphatic rings. The van der Waals surface area contributed by atoms with Gasteiger partial charge < -0.3 is 28.7 Å². The second-order valence-electron chi connectivity index (χ2n) is 10.9. The Morgan fingerprint density at radius 2 is 1.83 bits per heavy atom. The van der Waals surface area contributed by atoms with E-state index in [0.717, 1.165) is 10.8 Å². The quantitative estimate of drug-likeness (QED) is 0.377. The van der Waals surface area contributed by atoms with Gasteiger partial charge >= 0.3 is 11.7 Å². The lowest BCUT2D eigenvalue weighted by molar-refractivity contribution is -0.200. The fourth-order valence-corrected chi connectivity index (χ4v) is 4.83. The van der Waals surface area contributed by atoms with Crippen LogP contribution in [-0.4, -0.2) is 73.6 Å². The summed E-state index contributed by atoms with van der Waals surface area (Å²) < 4.78 is 30.6. The van der Waals surface area contributed by atoms with Gasteiger partial charge in [0.05, 0.1) is 13.2 Å². The van der Waals surface area contributed by atoms with E-state index >= 15 is 0 Å². The molecule has 0 aliphatic carbocycles. The molecule has 2 aliphatic heterocycles. The summed E-state index contributed by atoms with van der Waals surface area (Å²) in [6.07, 6.45) is -1.64. The molecule has 36 heavy (non-hydrogen) atoms. The number of rotatable bonds is 8. The maximum atomic E-state index is 12.8. The van der Waals surface area contributed by atoms with Crippen molar-refractivity contribution in [2.75, 3.05) is 19.8 Å². The molecule has 12 nitrogen and oxygen atoms in total. The SMILES string of the molecule is CCOC(=O)CNC(=O)c1cn([C@@H]2O[C@H](CO[Si](C)(C)C(C)(C)C)[C@H]3OC(C)(C)O[C@H]32)c(=O)[nH]c1=O. The molecule has 0 bridgehead atoms. The summed E-state index contributed by atoms with van der Waals surface area (Å²) >= 11 is 0. The van der Waals surface area contributed by atoms with E-state index in [0.29, 0.717) is 0 Å². The summed E-state index contributed by atoms with van der Waals surface area (Å²) in [6, 6.07) is 0. The van der Waals surface area contributed by atoms with Gasteiger partial charge in [0.15, 0.2) is 20.3 Å². The van der Waals surface area contributed by atoms with Crippen LogP contribution in [0.25, 0.3) is 0 Å². The summed E-state index contributed by atoms with van der Waals surface area (Å²) in [7, 11) is -2.10. The van der Waals surface area contributed by atoms with Crippen LogP contribution in [0, 0.1) is 0 Å². The number of hydrogen-bond donors (Lipinski definition) is 2. The molecule has 202 valence electrons. The predicted molar refractivity (Wildman–Crippen MR) is 131 cm³/mol. The minimum atomic E-state index is -2.10. The molecule has 3 heterocycles. The van der Waals surface area contributed by atoms with Gasteiger partial charge in [-0.05, 0) is 38.9 Å². The molecule has 0 spiro atoms. The first-order chi connectivity index (χ1) is 16.6. The molecule has 1 aromatic rings. The zero-order valence-corrected chi connectivity index (χ0v) is 23.1. The number of carbonyl (C=O) groups excluding carboxylic acids is 2. The molecule has 1 amide bonds. The van der Waals surface area contributed by atoms with Gasteiger partial charge in [0.2, 0.25) is 0 Å². The number of fused-ring (bicyclic) bond motifs is 1. The highest BCUT2D eigenvalue weighted by Gasteiger charge is 2.56. The van der Waals surface area contributed by atoms with Gasteiger partial charge in [-0.3, -0.25) is 23.9 Å². The number of aromatic nitrogens is 2. The summed E-state index contributed by atoms with van der Waals surface area (Å²) in [4.78, 5) is 51.4. The first-order valence-electron chi connectivity index (χ1n) is 12.0. The Hall–Kier alpha value is -2.32. The average Bonchev–Trinajstić information content (AvgIpc) is 3.23. The third kappa shape index (κ3) is 5.97. The third-order valence-corrected chi connectivity index (χ3v) is 11.2. The third-order valence-electron chi connectivity index (χ3n) is 6.73. The molecule has 2 saturated heterocycles. The van der Waals surface area contributed by atoms with Crippen molar-refractivity contribution in [3.05, 3.63) is 32.6 Å². The Bertz CT molecular complexity index is 1110. The topological polar surface area (TPSA) is 147 Å². The zero-order valence-electron chi connectivity index (χ0n) is 22.1. The summed E-state index contributed by atoms with van der Waals surface area (Å²) in [5, 5.41) is 2.30. The molecule has 2 N–H and O–H groups in total. The molecular weight excluding hydrogens is 490 g/mol. The van der Waals surface area contributed by atoms with E-state index in [2.05, 4.69) is 44.2 Å². The van der Waals surface area contributed by atoms with Crippen LogP contribution in [0.15, 0.2) is 15.8 Å². The van der Waals surface area contributed by atoms with Crippen LogP contribution in [-0.2, 0) is 28.2 Å². The minimum absolute atomic E-state index is 0.0155. The standard InChI is InChI=1S/C23H37N3O9Si/c1-9-31-15(27)10-24-18(28)13-11-26(21(30)25-19(13)29)20-17-16(34-23(5,6)35-17)14(33-20)12-32-36(7,8)22(2,3)4/h11,14,16-17,20H,9-10,12H2,1-8H3,(H,24,28)(H,25,29,30)/t14-,16-,17-,20-/m1/s1. The average molecular weight is 528 g/mol. The van der Waals surface area contributed by atoms with Gasteiger partial charge in [-0.2, -0.15) is 0 Å². The maximum Gasteiger partial charge on any atom is 0.330 e. The van der Waals surface area contributed by atoms with Gasteiger partial charge in [-0.1, -0.05) is 20.8 Å². The number of hydrogen-bond acceptors (Lipinski definition) is 9. The van der Waals surface area contributed by atoms with Crippen molar-refractivity contribution in [3.8, 4) is 0 Å². The van der Waals surface area contributed by atoms with Crippen molar-refractivity contribution < 1.29 is 33.0 Å². The van der Waals surface area contributed by atoms with E-state index < -0.39 is 68.3 Å². The van der Waals surface area contributed by atoms with Gasteiger partial charge in [0, 0.05) is 6.20 Å². The molecule has 2 fully saturated rings. The van der Waals surface area contributed by atoms with Crippen LogP contribution in [0.1, 0.15) is 58.1 Å². The van der Waals surface area contributed by atoms with Gasteiger partial charge in [0.25, 0.3) is 11.5 Å². The van der Waals surface area contributed by atoms with E-state index in [1.54, 1.807) is 20.8 Å². The molecule has 1 aromatic heterocycles. The number of aromatic amines is 1. The lowest BCUT2D eigenvalue weighted by atomic mass is 10.1. The highest BCUT2D eigenvalue weighted by molar-refractivity contribution is 6.74. The Balaban J connectivity index is 1.87. The molecule has 0 radical (unpaired) electrons. The van der Waals surface area contributed by atoms with Crippen molar-refractivity contribution >= 4 is 20.2 Å². The summed E-state index contributed by atoms with van der Waals surface area (Å²) in [5.74, 6) is -2.42. The lowest BCUT2D eigenvalue weighted by Crippen LogP contribution is -2.44. The number of nitrogens with one attached hydrogen (secondary N) is 2. The minimum Gasteiger partial charge on any atom is -0.465 e. The fraction of sp³-hybridized carbons (Fsp3) is 0.739. The molecule has 0 saturated carbocycles. The van der Waals surface area contributed by atoms with Gasteiger partial charge in [-0.25, -0.2) is 4.79 Å². The van der Waals surface area contributed by atoms with Crippen molar-refractivity contribution in [2.45, 2.75) is 90.0 Å². The largest absolute Gasteiger partial charge is 0.465 e. The number of nitrogens with zero attached hydrogens (tertiary/aromatic N) is 1. The van der Waals surface area contributed by atoms with Gasteiger partial charge in [-0.15, -0.1) is 0 Å². The number of H-pyrrole nitrogens is 1. The van der Waals surface area contributed by atoms with E-state index in [1.807, 2.05) is 0 Å². The second kappa shape index (κ2) is 10.2. The Morgan fingerprint density at radius 3 is 2.44 bits per heavy atom. The molecule has 0 unspecified atom stereocenters. The van der Waals surface area contributed by atoms with E-state index in [-0.39, 0.29) is 23.8 Å². The van der Waals surface area contributed by atoms with Crippen LogP contribution in [0.5, 0.6) is 0 Å². The predicted octanol–water partition coefficient (Wildman–Crippen LogP) is 1.27. The maximum absolute atomic E-state index is 12.8.